The first kappa shape index (κ1) is 26.2. The van der Waals surface area contributed by atoms with E-state index in [9.17, 15) is 4.79 Å². The highest BCUT2D eigenvalue weighted by atomic mass is 16.5. The normalized spacial score (nSPS) is 11.7. The minimum Gasteiger partial charge on any atom is -0.457 e. The Labute approximate surface area is 221 Å². The first-order valence-electron chi connectivity index (χ1n) is 12.9. The van der Waals surface area contributed by atoms with Crippen LogP contribution in [0, 0.1) is 0 Å². The second kappa shape index (κ2) is 10.6. The molecule has 0 saturated heterocycles. The summed E-state index contributed by atoms with van der Waals surface area (Å²) in [5.74, 6) is 2.89. The maximum Gasteiger partial charge on any atom is 0.193 e. The first-order chi connectivity index (χ1) is 17.5. The maximum absolute atomic E-state index is 13.0. The molecule has 0 unspecified atom stereocenters. The van der Waals surface area contributed by atoms with Crippen LogP contribution in [-0.2, 0) is 10.8 Å². The lowest BCUT2D eigenvalue weighted by Gasteiger charge is -2.23. The van der Waals surface area contributed by atoms with E-state index in [1.165, 1.54) is 11.1 Å². The van der Waals surface area contributed by atoms with Gasteiger partial charge >= 0.3 is 0 Å². The molecule has 4 aromatic carbocycles. The van der Waals surface area contributed by atoms with Gasteiger partial charge in [-0.3, -0.25) is 4.79 Å². The monoisotopic (exact) mass is 492 g/mol. The summed E-state index contributed by atoms with van der Waals surface area (Å²) in [5.41, 5.74) is 4.01. The van der Waals surface area contributed by atoms with Crippen molar-refractivity contribution >= 4 is 5.78 Å². The van der Waals surface area contributed by atoms with Crippen LogP contribution in [0.3, 0.4) is 0 Å². The second-order valence-electron chi connectivity index (χ2n) is 11.1. The lowest BCUT2D eigenvalue weighted by molar-refractivity contribution is 0.103. The third-order valence-electron chi connectivity index (χ3n) is 6.94. The maximum atomic E-state index is 13.0. The van der Waals surface area contributed by atoms with Crippen molar-refractivity contribution in [1.82, 2.24) is 0 Å². The van der Waals surface area contributed by atoms with Gasteiger partial charge in [-0.05, 0) is 101 Å². The molecule has 0 saturated carbocycles. The minimum absolute atomic E-state index is 0.0428. The highest BCUT2D eigenvalue weighted by molar-refractivity contribution is 6.09. The topological polar surface area (TPSA) is 35.5 Å². The zero-order chi connectivity index (χ0) is 26.6. The van der Waals surface area contributed by atoms with E-state index in [2.05, 4.69) is 65.8 Å². The molecular formula is C34H36O3. The van der Waals surface area contributed by atoms with E-state index in [4.69, 9.17) is 9.47 Å². The molecule has 0 bridgehead atoms. The quantitative estimate of drug-likeness (QED) is 0.230. The fourth-order valence-corrected chi connectivity index (χ4v) is 3.99. The Kier molecular flexibility index (Phi) is 7.54. The first-order valence-corrected chi connectivity index (χ1v) is 12.9. The number of ether oxygens (including phenoxy) is 2. The van der Waals surface area contributed by atoms with Gasteiger partial charge in [0.1, 0.15) is 23.0 Å². The summed E-state index contributed by atoms with van der Waals surface area (Å²) < 4.78 is 12.0. The molecular weight excluding hydrogens is 456 g/mol. The second-order valence-corrected chi connectivity index (χ2v) is 11.1. The molecule has 0 spiro atoms. The predicted molar refractivity (Wildman–Crippen MR) is 151 cm³/mol. The van der Waals surface area contributed by atoms with E-state index in [1.807, 2.05) is 48.5 Å². The molecule has 3 heteroatoms. The molecule has 0 aromatic heterocycles. The lowest BCUT2D eigenvalue weighted by Crippen LogP contribution is -2.14. The van der Waals surface area contributed by atoms with Crippen molar-refractivity contribution in [2.24, 2.45) is 0 Å². The molecule has 3 nitrogen and oxygen atoms in total. The molecule has 37 heavy (non-hydrogen) atoms. The summed E-state index contributed by atoms with van der Waals surface area (Å²) in [5, 5.41) is 0. The highest BCUT2D eigenvalue weighted by Crippen LogP contribution is 2.30. The number of ketones is 1. The number of carbonyl (C=O) groups excluding carboxylic acids is 1. The Balaban J connectivity index is 1.38. The van der Waals surface area contributed by atoms with E-state index < -0.39 is 0 Å². The molecule has 0 N–H and O–H groups in total. The van der Waals surface area contributed by atoms with Crippen LogP contribution in [0.15, 0.2) is 97.1 Å². The number of benzene rings is 4. The number of carbonyl (C=O) groups is 1. The molecule has 0 atom stereocenters. The summed E-state index contributed by atoms with van der Waals surface area (Å²) in [7, 11) is 0. The average molecular weight is 493 g/mol. The van der Waals surface area contributed by atoms with E-state index in [0.29, 0.717) is 22.6 Å². The van der Waals surface area contributed by atoms with Crippen LogP contribution < -0.4 is 9.47 Å². The average Bonchev–Trinajstić information content (AvgIpc) is 2.89. The summed E-state index contributed by atoms with van der Waals surface area (Å²) in [4.78, 5) is 13.0. The molecule has 0 aliphatic heterocycles. The summed E-state index contributed by atoms with van der Waals surface area (Å²) >= 11 is 0. The largest absolute Gasteiger partial charge is 0.457 e. The van der Waals surface area contributed by atoms with Crippen molar-refractivity contribution in [3.05, 3.63) is 119 Å². The number of hydrogen-bond acceptors (Lipinski definition) is 3. The van der Waals surface area contributed by atoms with Crippen molar-refractivity contribution in [1.29, 1.82) is 0 Å². The van der Waals surface area contributed by atoms with Crippen LogP contribution in [0.2, 0.25) is 0 Å². The van der Waals surface area contributed by atoms with Gasteiger partial charge in [0.25, 0.3) is 0 Å². The third-order valence-corrected chi connectivity index (χ3v) is 6.94. The molecule has 0 aliphatic rings. The van der Waals surface area contributed by atoms with Gasteiger partial charge < -0.3 is 9.47 Å². The van der Waals surface area contributed by atoms with Crippen LogP contribution in [0.25, 0.3) is 0 Å². The van der Waals surface area contributed by atoms with Crippen LogP contribution in [0.4, 0.5) is 0 Å². The Morgan fingerprint density at radius 1 is 0.541 bits per heavy atom. The molecule has 190 valence electrons. The van der Waals surface area contributed by atoms with Gasteiger partial charge in [-0.25, -0.2) is 0 Å². The summed E-state index contributed by atoms with van der Waals surface area (Å²) in [6, 6.07) is 30.8. The smallest absolute Gasteiger partial charge is 0.193 e. The lowest BCUT2D eigenvalue weighted by atomic mass is 9.82. The number of hydrogen-bond donors (Lipinski definition) is 0. The zero-order valence-corrected chi connectivity index (χ0v) is 22.7. The van der Waals surface area contributed by atoms with Crippen molar-refractivity contribution in [3.8, 4) is 23.0 Å². The van der Waals surface area contributed by atoms with E-state index in [0.717, 1.165) is 17.9 Å². The molecule has 4 rings (SSSR count). The minimum atomic E-state index is -0.0428. The van der Waals surface area contributed by atoms with Gasteiger partial charge in [0.2, 0.25) is 0 Å². The SMILES string of the molecule is CCC(C)(C)c1ccc(Oc2ccc(C(=O)c3ccc(Oc4ccc(C(C)(C)C)cc4)cc3)cc2)cc1. The van der Waals surface area contributed by atoms with Gasteiger partial charge in [0, 0.05) is 11.1 Å². The standard InChI is InChI=1S/C34H36O3/c1-7-34(5,6)27-14-22-31(23-15-27)37-29-18-10-25(11-19-29)32(35)24-8-16-28(17-9-24)36-30-20-12-26(13-21-30)33(2,3)4/h8-23H,7H2,1-6H3. The molecule has 0 fully saturated rings. The van der Waals surface area contributed by atoms with Crippen molar-refractivity contribution in [3.63, 3.8) is 0 Å². The van der Waals surface area contributed by atoms with Gasteiger partial charge in [0.05, 0.1) is 0 Å². The Morgan fingerprint density at radius 3 is 1.19 bits per heavy atom. The predicted octanol–water partition coefficient (Wildman–Crippen LogP) is 9.49. The molecule has 0 aliphatic carbocycles. The van der Waals surface area contributed by atoms with E-state index in [1.54, 1.807) is 24.3 Å². The molecule has 0 radical (unpaired) electrons. The van der Waals surface area contributed by atoms with Crippen LogP contribution in [0.5, 0.6) is 23.0 Å². The fraction of sp³-hybridized carbons (Fsp3) is 0.265. The van der Waals surface area contributed by atoms with Crippen LogP contribution >= 0.6 is 0 Å². The van der Waals surface area contributed by atoms with Crippen LogP contribution in [-0.4, -0.2) is 5.78 Å². The van der Waals surface area contributed by atoms with Crippen molar-refractivity contribution in [2.75, 3.05) is 0 Å². The van der Waals surface area contributed by atoms with Gasteiger partial charge in [-0.1, -0.05) is 65.8 Å². The van der Waals surface area contributed by atoms with E-state index >= 15 is 0 Å². The summed E-state index contributed by atoms with van der Waals surface area (Å²) in [6.07, 6.45) is 1.07. The molecule has 0 heterocycles. The third kappa shape index (κ3) is 6.48. The summed E-state index contributed by atoms with van der Waals surface area (Å²) in [6.45, 7) is 13.2. The Morgan fingerprint density at radius 2 is 0.865 bits per heavy atom. The Hall–Kier alpha value is -3.85. The fourth-order valence-electron chi connectivity index (χ4n) is 3.99. The zero-order valence-electron chi connectivity index (χ0n) is 22.7. The van der Waals surface area contributed by atoms with Gasteiger partial charge in [-0.2, -0.15) is 0 Å². The van der Waals surface area contributed by atoms with Crippen LogP contribution in [0.1, 0.15) is 75.0 Å². The van der Waals surface area contributed by atoms with E-state index in [-0.39, 0.29) is 16.6 Å². The van der Waals surface area contributed by atoms with Crippen molar-refractivity contribution < 1.29 is 14.3 Å². The van der Waals surface area contributed by atoms with Crippen molar-refractivity contribution in [2.45, 2.75) is 58.8 Å². The van der Waals surface area contributed by atoms with Gasteiger partial charge in [0.15, 0.2) is 5.78 Å². The molecule has 0 amide bonds. The highest BCUT2D eigenvalue weighted by Gasteiger charge is 2.18. The Bertz CT molecular complexity index is 1320. The molecule has 4 aromatic rings. The number of rotatable bonds is 8. The van der Waals surface area contributed by atoms with Gasteiger partial charge in [-0.15, -0.1) is 0 Å².